The molecule has 0 saturated heterocycles. The van der Waals surface area contributed by atoms with E-state index in [2.05, 4.69) is 5.10 Å². The number of hydrogen-bond donors (Lipinski definition) is 1. The van der Waals surface area contributed by atoms with E-state index in [1.807, 2.05) is 17.8 Å². The van der Waals surface area contributed by atoms with Crippen LogP contribution in [0.25, 0.3) is 0 Å². The summed E-state index contributed by atoms with van der Waals surface area (Å²) < 4.78 is 1.84. The highest BCUT2D eigenvalue weighted by Gasteiger charge is 2.48. The van der Waals surface area contributed by atoms with Gasteiger partial charge in [0, 0.05) is 37.3 Å². The van der Waals surface area contributed by atoms with Crippen molar-refractivity contribution in [2.45, 2.75) is 38.1 Å². The minimum absolute atomic E-state index is 0.128. The lowest BCUT2D eigenvalue weighted by Crippen LogP contribution is -2.40. The van der Waals surface area contributed by atoms with Gasteiger partial charge in [-0.1, -0.05) is 0 Å². The summed E-state index contributed by atoms with van der Waals surface area (Å²) in [4.78, 5) is 12.3. The second kappa shape index (κ2) is 4.50. The number of fused-ring (bicyclic) bond motifs is 2. The van der Waals surface area contributed by atoms with Crippen LogP contribution in [-0.4, -0.2) is 21.6 Å². The Morgan fingerprint density at radius 2 is 2.28 bits per heavy atom. The molecule has 0 aromatic carbocycles. The first-order valence-electron chi connectivity index (χ1n) is 6.92. The van der Waals surface area contributed by atoms with Gasteiger partial charge in [0.05, 0.1) is 0 Å². The molecule has 4 heteroatoms. The minimum atomic E-state index is 0.128. The van der Waals surface area contributed by atoms with E-state index in [-0.39, 0.29) is 12.0 Å². The average Bonchev–Trinajstić information content (AvgIpc) is 3.02. The second-order valence-corrected chi connectivity index (χ2v) is 5.85. The summed E-state index contributed by atoms with van der Waals surface area (Å²) in [7, 11) is 1.92. The highest BCUT2D eigenvalue weighted by molar-refractivity contribution is 5.82. The molecule has 0 amide bonds. The van der Waals surface area contributed by atoms with Crippen LogP contribution >= 0.6 is 0 Å². The van der Waals surface area contributed by atoms with Crippen LogP contribution in [0.2, 0.25) is 0 Å². The Morgan fingerprint density at radius 1 is 1.50 bits per heavy atom. The summed E-state index contributed by atoms with van der Waals surface area (Å²) in [6.45, 7) is 0. The number of nitrogens with zero attached hydrogens (tertiary/aromatic N) is 2. The van der Waals surface area contributed by atoms with Crippen LogP contribution in [0.15, 0.2) is 12.3 Å². The van der Waals surface area contributed by atoms with E-state index in [0.29, 0.717) is 24.0 Å². The maximum atomic E-state index is 12.3. The third kappa shape index (κ3) is 1.88. The topological polar surface area (TPSA) is 60.9 Å². The molecule has 1 aromatic rings. The Labute approximate surface area is 108 Å². The molecule has 18 heavy (non-hydrogen) atoms. The van der Waals surface area contributed by atoms with Crippen molar-refractivity contribution in [3.63, 3.8) is 0 Å². The number of carbonyl (C=O) groups excluding carboxylic acids is 1. The van der Waals surface area contributed by atoms with Gasteiger partial charge in [-0.25, -0.2) is 0 Å². The van der Waals surface area contributed by atoms with E-state index in [1.165, 1.54) is 19.3 Å². The first-order chi connectivity index (χ1) is 8.66. The number of rotatable bonds is 4. The summed E-state index contributed by atoms with van der Waals surface area (Å²) in [5.41, 5.74) is 7.33. The molecule has 2 aliphatic carbocycles. The second-order valence-electron chi connectivity index (χ2n) is 5.85. The lowest BCUT2D eigenvalue weighted by Gasteiger charge is -2.26. The number of ketones is 1. The summed E-state index contributed by atoms with van der Waals surface area (Å²) >= 11 is 0. The van der Waals surface area contributed by atoms with Crippen LogP contribution in [0.1, 0.15) is 31.4 Å². The number of carbonyl (C=O) groups is 1. The summed E-state index contributed by atoms with van der Waals surface area (Å²) in [5.74, 6) is 1.69. The van der Waals surface area contributed by atoms with Gasteiger partial charge < -0.3 is 5.73 Å². The Morgan fingerprint density at radius 3 is 2.89 bits per heavy atom. The monoisotopic (exact) mass is 247 g/mol. The molecule has 2 N–H and O–H groups in total. The predicted octanol–water partition coefficient (Wildman–Crippen LogP) is 1.30. The smallest absolute Gasteiger partial charge is 0.138 e. The van der Waals surface area contributed by atoms with E-state index < -0.39 is 0 Å². The van der Waals surface area contributed by atoms with Gasteiger partial charge in [0.1, 0.15) is 5.78 Å². The molecule has 0 radical (unpaired) electrons. The molecule has 4 atom stereocenters. The molecule has 3 rings (SSSR count). The molecule has 4 nitrogen and oxygen atoms in total. The molecular weight excluding hydrogens is 226 g/mol. The maximum Gasteiger partial charge on any atom is 0.138 e. The Kier molecular flexibility index (Phi) is 2.98. The van der Waals surface area contributed by atoms with Crippen LogP contribution in [0.3, 0.4) is 0 Å². The van der Waals surface area contributed by atoms with Gasteiger partial charge in [-0.05, 0) is 43.6 Å². The first kappa shape index (κ1) is 11.9. The average molecular weight is 247 g/mol. The fourth-order valence-electron chi connectivity index (χ4n) is 3.88. The van der Waals surface area contributed by atoms with E-state index in [4.69, 9.17) is 5.73 Å². The molecule has 2 saturated carbocycles. The number of nitrogens with two attached hydrogens (primary N) is 1. The highest BCUT2D eigenvalue weighted by Crippen LogP contribution is 2.48. The van der Waals surface area contributed by atoms with Crippen LogP contribution in [0.4, 0.5) is 0 Å². The molecule has 1 heterocycles. The van der Waals surface area contributed by atoms with Crippen molar-refractivity contribution in [2.24, 2.45) is 30.5 Å². The van der Waals surface area contributed by atoms with Gasteiger partial charge in [0.25, 0.3) is 0 Å². The Hall–Kier alpha value is -1.16. The van der Waals surface area contributed by atoms with E-state index in [1.54, 1.807) is 6.20 Å². The Bertz CT molecular complexity index is 452. The number of aryl methyl sites for hydroxylation is 2. The molecule has 0 spiro atoms. The largest absolute Gasteiger partial charge is 0.327 e. The standard InChI is InChI=1S/C14H21N3O/c1-17-11(6-7-16-17)4-5-12(18)13-9-2-3-10(8-9)14(13)15/h6-7,9-10,13-14H,2-5,8,15H2,1H3. The predicted molar refractivity (Wildman–Crippen MR) is 68.8 cm³/mol. The van der Waals surface area contributed by atoms with Crippen LogP contribution < -0.4 is 5.73 Å². The summed E-state index contributed by atoms with van der Waals surface area (Å²) in [5, 5.41) is 4.13. The van der Waals surface area contributed by atoms with Gasteiger partial charge in [-0.2, -0.15) is 5.10 Å². The van der Waals surface area contributed by atoms with Crippen molar-refractivity contribution in [3.8, 4) is 0 Å². The van der Waals surface area contributed by atoms with Crippen LogP contribution in [0.5, 0.6) is 0 Å². The molecule has 1 aromatic heterocycles. The number of Topliss-reactive ketones (excluding diaryl/α,β-unsaturated/α-hetero) is 1. The van der Waals surface area contributed by atoms with Gasteiger partial charge in [0.15, 0.2) is 0 Å². The van der Waals surface area contributed by atoms with Crippen LogP contribution in [-0.2, 0) is 18.3 Å². The normalized spacial score (nSPS) is 34.1. The zero-order chi connectivity index (χ0) is 12.7. The van der Waals surface area contributed by atoms with Crippen molar-refractivity contribution < 1.29 is 4.79 Å². The third-order valence-corrected chi connectivity index (χ3v) is 4.90. The number of hydrogen-bond acceptors (Lipinski definition) is 3. The van der Waals surface area contributed by atoms with Gasteiger partial charge in [-0.15, -0.1) is 0 Å². The summed E-state index contributed by atoms with van der Waals surface area (Å²) in [6.07, 6.45) is 6.81. The van der Waals surface area contributed by atoms with Gasteiger partial charge in [-0.3, -0.25) is 9.48 Å². The van der Waals surface area contributed by atoms with Crippen molar-refractivity contribution in [1.82, 2.24) is 9.78 Å². The first-order valence-corrected chi connectivity index (χ1v) is 6.92. The fraction of sp³-hybridized carbons (Fsp3) is 0.714. The van der Waals surface area contributed by atoms with E-state index >= 15 is 0 Å². The number of aromatic nitrogens is 2. The quantitative estimate of drug-likeness (QED) is 0.872. The molecular formula is C14H21N3O. The molecule has 2 aliphatic rings. The van der Waals surface area contributed by atoms with Crippen molar-refractivity contribution in [3.05, 3.63) is 18.0 Å². The fourth-order valence-corrected chi connectivity index (χ4v) is 3.88. The maximum absolute atomic E-state index is 12.3. The molecule has 2 bridgehead atoms. The Balaban J connectivity index is 1.61. The van der Waals surface area contributed by atoms with E-state index in [0.717, 1.165) is 12.1 Å². The summed E-state index contributed by atoms with van der Waals surface area (Å²) in [6, 6.07) is 2.11. The SMILES string of the molecule is Cn1nccc1CCC(=O)C1C2CCC(C2)C1N. The van der Waals surface area contributed by atoms with E-state index in [9.17, 15) is 4.79 Å². The highest BCUT2D eigenvalue weighted by atomic mass is 16.1. The molecule has 0 aliphatic heterocycles. The van der Waals surface area contributed by atoms with Gasteiger partial charge in [0.2, 0.25) is 0 Å². The van der Waals surface area contributed by atoms with Crippen molar-refractivity contribution in [1.29, 1.82) is 0 Å². The van der Waals surface area contributed by atoms with Gasteiger partial charge >= 0.3 is 0 Å². The van der Waals surface area contributed by atoms with Crippen molar-refractivity contribution in [2.75, 3.05) is 0 Å². The van der Waals surface area contributed by atoms with Crippen LogP contribution in [0, 0.1) is 17.8 Å². The zero-order valence-electron chi connectivity index (χ0n) is 10.9. The minimum Gasteiger partial charge on any atom is -0.327 e. The molecule has 4 unspecified atom stereocenters. The molecule has 98 valence electrons. The van der Waals surface area contributed by atoms with Crippen molar-refractivity contribution >= 4 is 5.78 Å². The molecule has 2 fully saturated rings. The zero-order valence-corrected chi connectivity index (χ0v) is 10.9. The third-order valence-electron chi connectivity index (χ3n) is 4.90. The lowest BCUT2D eigenvalue weighted by molar-refractivity contribution is -0.124. The lowest BCUT2D eigenvalue weighted by atomic mass is 9.81.